The van der Waals surface area contributed by atoms with Gasteiger partial charge in [0.15, 0.2) is 0 Å². The normalized spacial score (nSPS) is 18.3. The standard InChI is InChI=1S/C8H11NO2/c1-2-3-6-9-7(10)4-5-8(9)11/h4-5H,2-3,6H2,1H3/q+1. The van der Waals surface area contributed by atoms with Gasteiger partial charge in [0.1, 0.15) is 6.54 Å². The van der Waals surface area contributed by atoms with E-state index < -0.39 is 0 Å². The van der Waals surface area contributed by atoms with E-state index in [1.54, 1.807) is 0 Å². The lowest BCUT2D eigenvalue weighted by Gasteiger charge is -1.96. The van der Waals surface area contributed by atoms with E-state index in [-0.39, 0.29) is 11.8 Å². The molecule has 0 fully saturated rings. The van der Waals surface area contributed by atoms with E-state index in [0.29, 0.717) is 6.54 Å². The number of rotatable bonds is 3. The third-order valence-electron chi connectivity index (χ3n) is 1.64. The lowest BCUT2D eigenvalue weighted by Crippen LogP contribution is -2.37. The van der Waals surface area contributed by atoms with Gasteiger partial charge in [-0.25, -0.2) is 9.59 Å². The van der Waals surface area contributed by atoms with Gasteiger partial charge < -0.3 is 0 Å². The maximum atomic E-state index is 10.9. The molecule has 1 aliphatic rings. The molecule has 11 heavy (non-hydrogen) atoms. The largest absolute Gasteiger partial charge is 0.394 e. The molecule has 1 heterocycles. The van der Waals surface area contributed by atoms with Crippen molar-refractivity contribution in [2.75, 3.05) is 6.54 Å². The molecule has 59 valence electrons. The Kier molecular flexibility index (Phi) is 2.54. The third kappa shape index (κ3) is 1.74. The van der Waals surface area contributed by atoms with Gasteiger partial charge in [-0.2, -0.15) is 0 Å². The number of carbonyl (C=O) groups is 2. The summed E-state index contributed by atoms with van der Waals surface area (Å²) in [6, 6.07) is 0. The Morgan fingerprint density at radius 2 is 1.82 bits per heavy atom. The van der Waals surface area contributed by atoms with Crippen molar-refractivity contribution in [1.29, 1.82) is 0 Å². The van der Waals surface area contributed by atoms with Crippen LogP contribution in [0.2, 0.25) is 0 Å². The summed E-state index contributed by atoms with van der Waals surface area (Å²) in [4.78, 5) is 23.1. The SMILES string of the molecule is CCCC[N+]1C(=O)C=CC1=O. The molecule has 0 N–H and O–H groups in total. The van der Waals surface area contributed by atoms with Crippen LogP contribution < -0.4 is 4.90 Å². The first-order valence-electron chi connectivity index (χ1n) is 3.79. The second kappa shape index (κ2) is 3.44. The molecule has 3 heteroatoms. The Labute approximate surface area is 65.7 Å². The number of carbonyl (C=O) groups excluding carboxylic acids is 2. The molecule has 1 rings (SSSR count). The van der Waals surface area contributed by atoms with Crippen LogP contribution >= 0.6 is 0 Å². The number of hydrogen-bond acceptors (Lipinski definition) is 2. The van der Waals surface area contributed by atoms with Crippen LogP contribution in [0.5, 0.6) is 0 Å². The number of hydrogen-bond donors (Lipinski definition) is 0. The summed E-state index contributed by atoms with van der Waals surface area (Å²) in [6.45, 7) is 2.58. The van der Waals surface area contributed by atoms with Gasteiger partial charge in [0.2, 0.25) is 0 Å². The first-order valence-corrected chi connectivity index (χ1v) is 3.79. The zero-order valence-electron chi connectivity index (χ0n) is 6.54. The van der Waals surface area contributed by atoms with Crippen molar-refractivity contribution in [1.82, 2.24) is 4.90 Å². The molecule has 0 aromatic rings. The van der Waals surface area contributed by atoms with Gasteiger partial charge in [0.25, 0.3) is 0 Å². The summed E-state index contributed by atoms with van der Waals surface area (Å²) in [5.41, 5.74) is 0. The monoisotopic (exact) mass is 153 g/mol. The highest BCUT2D eigenvalue weighted by Gasteiger charge is 2.35. The van der Waals surface area contributed by atoms with Crippen molar-refractivity contribution >= 4 is 11.8 Å². The molecule has 1 aliphatic heterocycles. The third-order valence-corrected chi connectivity index (χ3v) is 1.64. The quantitative estimate of drug-likeness (QED) is 0.439. The smallest absolute Gasteiger partial charge is 0.220 e. The molecule has 0 unspecified atom stereocenters. The molecular formula is C8H11NO2+. The van der Waals surface area contributed by atoms with E-state index in [1.165, 1.54) is 17.1 Å². The molecule has 0 bridgehead atoms. The van der Waals surface area contributed by atoms with Gasteiger partial charge in [-0.05, 0) is 4.90 Å². The summed E-state index contributed by atoms with van der Waals surface area (Å²) in [5.74, 6) is -0.355. The fourth-order valence-electron chi connectivity index (χ4n) is 0.968. The highest BCUT2D eigenvalue weighted by Crippen LogP contribution is 2.01. The van der Waals surface area contributed by atoms with E-state index in [9.17, 15) is 9.59 Å². The second-order valence-corrected chi connectivity index (χ2v) is 2.52. The summed E-state index contributed by atoms with van der Waals surface area (Å²) in [6.07, 6.45) is 4.52. The van der Waals surface area contributed by atoms with Crippen LogP contribution in [-0.4, -0.2) is 18.4 Å². The number of amides is 2. The predicted molar refractivity (Wildman–Crippen MR) is 41.1 cm³/mol. The van der Waals surface area contributed by atoms with Gasteiger partial charge in [-0.3, -0.25) is 0 Å². The molecule has 0 aliphatic carbocycles. The lowest BCUT2D eigenvalue weighted by molar-refractivity contribution is -0.130. The Hall–Kier alpha value is -0.960. The van der Waals surface area contributed by atoms with Crippen molar-refractivity contribution in [3.05, 3.63) is 12.2 Å². The maximum Gasteiger partial charge on any atom is 0.394 e. The minimum Gasteiger partial charge on any atom is -0.220 e. The van der Waals surface area contributed by atoms with Gasteiger partial charge in [-0.1, -0.05) is 13.3 Å². The average Bonchev–Trinajstić information content (AvgIpc) is 2.29. The summed E-state index contributed by atoms with van der Waals surface area (Å²) in [7, 11) is 0. The van der Waals surface area contributed by atoms with Crippen molar-refractivity contribution < 1.29 is 9.59 Å². The topological polar surface area (TPSA) is 40.0 Å². The molecule has 0 aromatic carbocycles. The minimum atomic E-state index is -0.177. The van der Waals surface area contributed by atoms with Crippen LogP contribution in [0.4, 0.5) is 0 Å². The van der Waals surface area contributed by atoms with Crippen molar-refractivity contribution in [3.63, 3.8) is 0 Å². The highest BCUT2D eigenvalue weighted by atomic mass is 16.2. The van der Waals surface area contributed by atoms with Gasteiger partial charge in [0.05, 0.1) is 12.2 Å². The Balaban J connectivity index is 2.46. The van der Waals surface area contributed by atoms with Crippen LogP contribution in [0.15, 0.2) is 12.2 Å². The molecule has 3 nitrogen and oxygen atoms in total. The molecule has 1 radical (unpaired) electrons. The average molecular weight is 153 g/mol. The fraction of sp³-hybridized carbons (Fsp3) is 0.500. The first-order chi connectivity index (χ1) is 5.25. The summed E-state index contributed by atoms with van der Waals surface area (Å²) >= 11 is 0. The van der Waals surface area contributed by atoms with Crippen molar-refractivity contribution in [3.8, 4) is 0 Å². The first kappa shape index (κ1) is 8.14. The van der Waals surface area contributed by atoms with E-state index >= 15 is 0 Å². The Morgan fingerprint density at radius 3 is 2.27 bits per heavy atom. The molecule has 0 spiro atoms. The number of unbranched alkanes of at least 4 members (excludes halogenated alkanes) is 1. The predicted octanol–water partition coefficient (Wildman–Crippen LogP) is 0.550. The maximum absolute atomic E-state index is 10.9. The van der Waals surface area contributed by atoms with Crippen LogP contribution in [-0.2, 0) is 9.59 Å². The zero-order chi connectivity index (χ0) is 8.27. The molecule has 2 amide bonds. The van der Waals surface area contributed by atoms with Gasteiger partial charge >= 0.3 is 11.8 Å². The van der Waals surface area contributed by atoms with Crippen LogP contribution in [0.1, 0.15) is 19.8 Å². The van der Waals surface area contributed by atoms with Crippen molar-refractivity contribution in [2.24, 2.45) is 0 Å². The van der Waals surface area contributed by atoms with Gasteiger partial charge in [-0.15, -0.1) is 0 Å². The molecule has 0 saturated heterocycles. The van der Waals surface area contributed by atoms with Crippen LogP contribution in [0.25, 0.3) is 0 Å². The molecule has 0 atom stereocenters. The molecule has 0 aromatic heterocycles. The van der Waals surface area contributed by atoms with E-state index in [4.69, 9.17) is 0 Å². The van der Waals surface area contributed by atoms with Crippen LogP contribution in [0.3, 0.4) is 0 Å². The van der Waals surface area contributed by atoms with Gasteiger partial charge in [0, 0.05) is 6.42 Å². The summed E-state index contributed by atoms with van der Waals surface area (Å²) in [5, 5.41) is 0. The highest BCUT2D eigenvalue weighted by molar-refractivity contribution is 6.15. The Morgan fingerprint density at radius 1 is 1.27 bits per heavy atom. The fourth-order valence-corrected chi connectivity index (χ4v) is 0.968. The van der Waals surface area contributed by atoms with Crippen LogP contribution in [0, 0.1) is 0 Å². The minimum absolute atomic E-state index is 0.177. The van der Waals surface area contributed by atoms with Crippen molar-refractivity contribution in [2.45, 2.75) is 19.8 Å². The van der Waals surface area contributed by atoms with E-state index in [0.717, 1.165) is 12.8 Å². The zero-order valence-corrected chi connectivity index (χ0v) is 6.54. The van der Waals surface area contributed by atoms with E-state index in [1.807, 2.05) is 6.92 Å². The number of imide groups is 1. The van der Waals surface area contributed by atoms with E-state index in [2.05, 4.69) is 0 Å². The molecule has 0 saturated carbocycles. The molecular weight excluding hydrogens is 142 g/mol. The number of nitrogens with zero attached hydrogens (tertiary/aromatic N) is 1. The Bertz CT molecular complexity index is 190. The second-order valence-electron chi connectivity index (χ2n) is 2.52. The lowest BCUT2D eigenvalue weighted by atomic mass is 10.3. The summed E-state index contributed by atoms with van der Waals surface area (Å²) < 4.78 is 0.